The number of aliphatic hydroxyl groups excluding tert-OH is 1. The van der Waals surface area contributed by atoms with E-state index in [1.54, 1.807) is 0 Å². The highest BCUT2D eigenvalue weighted by Crippen LogP contribution is 2.05. The van der Waals surface area contributed by atoms with Gasteiger partial charge < -0.3 is 10.2 Å². The molecule has 1 aromatic heterocycles. The predicted octanol–water partition coefficient (Wildman–Crippen LogP) is -1.86. The molecule has 0 aromatic carbocycles. The highest BCUT2D eigenvalue weighted by atomic mass is 32.2. The quantitative estimate of drug-likeness (QED) is 0.563. The second-order valence-electron chi connectivity index (χ2n) is 3.00. The minimum Gasteiger partial charge on any atom is -0.479 e. The van der Waals surface area contributed by atoms with Gasteiger partial charge in [0.2, 0.25) is 0 Å². The Labute approximate surface area is 91.6 Å². The Hall–Kier alpha value is -1.45. The summed E-state index contributed by atoms with van der Waals surface area (Å²) in [6.07, 6.45) is -0.481. The van der Waals surface area contributed by atoms with Gasteiger partial charge in [-0.15, -0.1) is 0 Å². The molecule has 0 spiro atoms. The molecular weight excluding hydrogens is 238 g/mol. The van der Waals surface area contributed by atoms with Crippen molar-refractivity contribution in [2.45, 2.75) is 11.1 Å². The Bertz CT molecular complexity index is 480. The molecule has 0 aliphatic heterocycles. The molecule has 9 heteroatoms. The molecule has 0 amide bonds. The third-order valence-corrected chi connectivity index (χ3v) is 3.30. The Morgan fingerprint density at radius 3 is 2.75 bits per heavy atom. The summed E-state index contributed by atoms with van der Waals surface area (Å²) in [6, 6.07) is 1.26. The van der Waals surface area contributed by atoms with Crippen LogP contribution in [0, 0.1) is 0 Å². The van der Waals surface area contributed by atoms with E-state index in [4.69, 9.17) is 10.2 Å². The average molecular weight is 249 g/mol. The van der Waals surface area contributed by atoms with Crippen LogP contribution >= 0.6 is 0 Å². The molecule has 0 bridgehead atoms. The maximum Gasteiger partial charge on any atom is 0.333 e. The fourth-order valence-electron chi connectivity index (χ4n) is 0.975. The molecule has 1 atom stereocenters. The lowest BCUT2D eigenvalue weighted by molar-refractivity contribution is -0.146. The summed E-state index contributed by atoms with van der Waals surface area (Å²) in [5, 5.41) is 20.8. The number of rotatable bonds is 5. The van der Waals surface area contributed by atoms with E-state index in [1.807, 2.05) is 4.72 Å². The van der Waals surface area contributed by atoms with Crippen molar-refractivity contribution >= 4 is 16.0 Å². The monoisotopic (exact) mass is 249 g/mol. The fourth-order valence-corrected chi connectivity index (χ4v) is 2.14. The number of nitrogens with zero attached hydrogens (tertiary/aromatic N) is 2. The molecule has 0 saturated carbocycles. The molecular formula is C7H11N3O5S. The topological polar surface area (TPSA) is 122 Å². The van der Waals surface area contributed by atoms with E-state index < -0.39 is 28.6 Å². The normalized spacial score (nSPS) is 13.6. The van der Waals surface area contributed by atoms with E-state index >= 15 is 0 Å². The van der Waals surface area contributed by atoms with Gasteiger partial charge in [-0.3, -0.25) is 4.68 Å². The molecule has 0 saturated heterocycles. The maximum absolute atomic E-state index is 11.6. The Balaban J connectivity index is 2.75. The summed E-state index contributed by atoms with van der Waals surface area (Å²) in [7, 11) is -2.42. The summed E-state index contributed by atoms with van der Waals surface area (Å²) < 4.78 is 26.2. The second-order valence-corrected chi connectivity index (χ2v) is 4.71. The zero-order chi connectivity index (χ0) is 12.3. The standard InChI is InChI=1S/C7H11N3O5S/c1-10-6(2-3-8-10)16(14,15)9-4-5(11)7(12)13/h2-3,5,9,11H,4H2,1H3,(H,12,13)/t5-/m0/s1. The van der Waals surface area contributed by atoms with Crippen LogP contribution in [-0.2, 0) is 21.9 Å². The van der Waals surface area contributed by atoms with E-state index in [0.29, 0.717) is 0 Å². The fraction of sp³-hybridized carbons (Fsp3) is 0.429. The number of aromatic nitrogens is 2. The average Bonchev–Trinajstić information content (AvgIpc) is 2.61. The van der Waals surface area contributed by atoms with E-state index in [-0.39, 0.29) is 5.03 Å². The van der Waals surface area contributed by atoms with Crippen molar-refractivity contribution in [2.24, 2.45) is 7.05 Å². The summed E-state index contributed by atoms with van der Waals surface area (Å²) in [6.45, 7) is -0.594. The molecule has 0 aliphatic carbocycles. The first-order valence-corrected chi connectivity index (χ1v) is 5.71. The van der Waals surface area contributed by atoms with Gasteiger partial charge in [0.05, 0.1) is 6.20 Å². The lowest BCUT2D eigenvalue weighted by Gasteiger charge is -2.08. The zero-order valence-electron chi connectivity index (χ0n) is 8.36. The summed E-state index contributed by atoms with van der Waals surface area (Å²) in [5.74, 6) is -1.49. The van der Waals surface area contributed by atoms with Gasteiger partial charge in [0, 0.05) is 13.6 Å². The predicted molar refractivity (Wildman–Crippen MR) is 52.0 cm³/mol. The molecule has 90 valence electrons. The number of aryl methyl sites for hydroxylation is 1. The summed E-state index contributed by atoms with van der Waals surface area (Å²) in [4.78, 5) is 10.3. The number of aliphatic carboxylic acids is 1. The first-order chi connectivity index (χ1) is 7.34. The molecule has 16 heavy (non-hydrogen) atoms. The number of sulfonamides is 1. The van der Waals surface area contributed by atoms with Crippen LogP contribution in [0.25, 0.3) is 0 Å². The van der Waals surface area contributed by atoms with Crippen molar-refractivity contribution in [3.8, 4) is 0 Å². The molecule has 0 radical (unpaired) electrons. The number of carboxylic acid groups (broad SMARTS) is 1. The third kappa shape index (κ3) is 2.78. The number of carboxylic acids is 1. The first-order valence-electron chi connectivity index (χ1n) is 4.23. The van der Waals surface area contributed by atoms with E-state index in [0.717, 1.165) is 4.68 Å². The lowest BCUT2D eigenvalue weighted by Crippen LogP contribution is -2.37. The van der Waals surface area contributed by atoms with Crippen LogP contribution in [0.3, 0.4) is 0 Å². The highest BCUT2D eigenvalue weighted by molar-refractivity contribution is 7.89. The van der Waals surface area contributed by atoms with Crippen LogP contribution in [-0.4, -0.2) is 47.0 Å². The van der Waals surface area contributed by atoms with E-state index in [2.05, 4.69) is 5.10 Å². The van der Waals surface area contributed by atoms with E-state index in [9.17, 15) is 13.2 Å². The molecule has 1 rings (SSSR count). The number of aliphatic hydroxyl groups is 1. The number of hydrogen-bond donors (Lipinski definition) is 3. The molecule has 1 aromatic rings. The van der Waals surface area contributed by atoms with Crippen LogP contribution in [0.4, 0.5) is 0 Å². The van der Waals surface area contributed by atoms with Crippen molar-refractivity contribution in [3.63, 3.8) is 0 Å². The minimum absolute atomic E-state index is 0.106. The van der Waals surface area contributed by atoms with Gasteiger partial charge in [0.25, 0.3) is 10.0 Å². The lowest BCUT2D eigenvalue weighted by atomic mass is 10.4. The van der Waals surface area contributed by atoms with Gasteiger partial charge in [-0.1, -0.05) is 0 Å². The molecule has 8 nitrogen and oxygen atoms in total. The van der Waals surface area contributed by atoms with Crippen LogP contribution in [0.2, 0.25) is 0 Å². The van der Waals surface area contributed by atoms with Crippen molar-refractivity contribution in [2.75, 3.05) is 6.54 Å². The zero-order valence-corrected chi connectivity index (χ0v) is 9.18. The SMILES string of the molecule is Cn1nccc1S(=O)(=O)NC[C@H](O)C(=O)O. The number of hydrogen-bond acceptors (Lipinski definition) is 5. The molecule has 0 fully saturated rings. The Kier molecular flexibility index (Phi) is 3.62. The highest BCUT2D eigenvalue weighted by Gasteiger charge is 2.21. The molecule has 0 aliphatic rings. The largest absolute Gasteiger partial charge is 0.479 e. The van der Waals surface area contributed by atoms with Crippen molar-refractivity contribution in [3.05, 3.63) is 12.3 Å². The Morgan fingerprint density at radius 2 is 2.31 bits per heavy atom. The summed E-state index contributed by atoms with van der Waals surface area (Å²) in [5.41, 5.74) is 0. The van der Waals surface area contributed by atoms with Gasteiger partial charge in [-0.2, -0.15) is 5.10 Å². The first kappa shape index (κ1) is 12.6. The van der Waals surface area contributed by atoms with Gasteiger partial charge in [0.15, 0.2) is 11.1 Å². The van der Waals surface area contributed by atoms with Crippen LogP contribution < -0.4 is 4.72 Å². The molecule has 3 N–H and O–H groups in total. The molecule has 0 unspecified atom stereocenters. The van der Waals surface area contributed by atoms with Gasteiger partial charge in [-0.25, -0.2) is 17.9 Å². The van der Waals surface area contributed by atoms with Crippen molar-refractivity contribution in [1.29, 1.82) is 0 Å². The van der Waals surface area contributed by atoms with Gasteiger partial charge in [-0.05, 0) is 6.07 Å². The van der Waals surface area contributed by atoms with Crippen molar-refractivity contribution in [1.82, 2.24) is 14.5 Å². The Morgan fingerprint density at radius 1 is 1.69 bits per heavy atom. The third-order valence-electron chi connectivity index (χ3n) is 1.80. The van der Waals surface area contributed by atoms with Gasteiger partial charge in [0.1, 0.15) is 0 Å². The second kappa shape index (κ2) is 4.60. The van der Waals surface area contributed by atoms with Crippen LogP contribution in [0.15, 0.2) is 17.3 Å². The maximum atomic E-state index is 11.6. The molecule has 1 heterocycles. The summed E-state index contributed by atoms with van der Waals surface area (Å²) >= 11 is 0. The van der Waals surface area contributed by atoms with Crippen molar-refractivity contribution < 1.29 is 23.4 Å². The van der Waals surface area contributed by atoms with Crippen LogP contribution in [0.5, 0.6) is 0 Å². The smallest absolute Gasteiger partial charge is 0.333 e. The van der Waals surface area contributed by atoms with Gasteiger partial charge >= 0.3 is 5.97 Å². The number of nitrogens with one attached hydrogen (secondary N) is 1. The van der Waals surface area contributed by atoms with E-state index in [1.165, 1.54) is 19.3 Å². The minimum atomic E-state index is -3.85. The number of carbonyl (C=O) groups is 1. The van der Waals surface area contributed by atoms with Crippen LogP contribution in [0.1, 0.15) is 0 Å².